The number of aliphatic hydroxyl groups excluding tert-OH is 1. The van der Waals surface area contributed by atoms with Crippen LogP contribution in [0.2, 0.25) is 0 Å². The van der Waals surface area contributed by atoms with Gasteiger partial charge in [-0.2, -0.15) is 13.2 Å². The van der Waals surface area contributed by atoms with Crippen molar-refractivity contribution in [1.29, 1.82) is 0 Å². The number of rotatable bonds is 4. The normalized spacial score (nSPS) is 16.9. The van der Waals surface area contributed by atoms with Gasteiger partial charge in [0.15, 0.2) is 11.6 Å². The lowest BCUT2D eigenvalue weighted by Crippen LogP contribution is -2.55. The van der Waals surface area contributed by atoms with E-state index in [0.29, 0.717) is 35.2 Å². The molecule has 29 heavy (non-hydrogen) atoms. The van der Waals surface area contributed by atoms with Gasteiger partial charge in [-0.1, -0.05) is 18.2 Å². The van der Waals surface area contributed by atoms with Crippen LogP contribution in [-0.2, 0) is 0 Å². The molecule has 2 heterocycles. The quantitative estimate of drug-likeness (QED) is 0.687. The van der Waals surface area contributed by atoms with Crippen molar-refractivity contribution in [3.63, 3.8) is 0 Å². The molecule has 1 fully saturated rings. The molecule has 0 radical (unpaired) electrons. The maximum absolute atomic E-state index is 12.9. The molecule has 1 aromatic heterocycles. The Morgan fingerprint density at radius 1 is 1.10 bits per heavy atom. The van der Waals surface area contributed by atoms with Crippen molar-refractivity contribution in [3.8, 4) is 11.1 Å². The maximum Gasteiger partial charge on any atom is 0.418 e. The third kappa shape index (κ3) is 3.67. The fourth-order valence-corrected chi connectivity index (χ4v) is 3.48. The van der Waals surface area contributed by atoms with Crippen molar-refractivity contribution >= 4 is 16.7 Å². The van der Waals surface area contributed by atoms with E-state index in [0.717, 1.165) is 5.69 Å². The molecule has 0 amide bonds. The van der Waals surface area contributed by atoms with Crippen LogP contribution in [0.25, 0.3) is 22.2 Å². The van der Waals surface area contributed by atoms with Gasteiger partial charge in [-0.05, 0) is 59.1 Å². The van der Waals surface area contributed by atoms with Gasteiger partial charge in [0.2, 0.25) is 0 Å². The molecule has 1 atom stereocenters. The molecule has 2 aromatic carbocycles. The van der Waals surface area contributed by atoms with Crippen molar-refractivity contribution in [1.82, 2.24) is 10.3 Å². The second-order valence-electron chi connectivity index (χ2n) is 7.95. The first-order valence-corrected chi connectivity index (χ1v) is 9.13. The van der Waals surface area contributed by atoms with E-state index in [1.807, 2.05) is 11.0 Å². The molecule has 2 N–H and O–H groups in total. The molecule has 6 nitrogen and oxygen atoms in total. The van der Waals surface area contributed by atoms with Crippen molar-refractivity contribution < 1.29 is 28.0 Å². The van der Waals surface area contributed by atoms with Crippen molar-refractivity contribution in [2.75, 3.05) is 18.0 Å². The SMILES string of the molecule is CC(C)(O)C1CN(c2cc(-c3cccc(C(O)C(F)(F)F)c3)cc3nonc23)C1. The average Bonchev–Trinajstić information content (AvgIpc) is 3.06. The highest BCUT2D eigenvalue weighted by atomic mass is 19.4. The zero-order valence-corrected chi connectivity index (χ0v) is 15.8. The molecule has 1 aliphatic heterocycles. The third-order valence-electron chi connectivity index (χ3n) is 5.41. The highest BCUT2D eigenvalue weighted by Crippen LogP contribution is 2.39. The lowest BCUT2D eigenvalue weighted by atomic mass is 9.84. The molecule has 0 aliphatic carbocycles. The Labute approximate surface area is 164 Å². The van der Waals surface area contributed by atoms with Gasteiger partial charge in [0, 0.05) is 19.0 Å². The first-order chi connectivity index (χ1) is 13.5. The van der Waals surface area contributed by atoms with E-state index in [1.54, 1.807) is 26.0 Å². The predicted octanol–water partition coefficient (Wildman–Crippen LogP) is 3.69. The number of aromatic nitrogens is 2. The summed E-state index contributed by atoms with van der Waals surface area (Å²) in [6, 6.07) is 9.18. The topological polar surface area (TPSA) is 82.6 Å². The van der Waals surface area contributed by atoms with Crippen LogP contribution < -0.4 is 4.90 Å². The van der Waals surface area contributed by atoms with Crippen LogP contribution in [0.3, 0.4) is 0 Å². The molecule has 0 spiro atoms. The first kappa shape index (κ1) is 19.7. The average molecular weight is 407 g/mol. The second-order valence-corrected chi connectivity index (χ2v) is 7.95. The Bertz CT molecular complexity index is 1040. The minimum absolute atomic E-state index is 0.0892. The predicted molar refractivity (Wildman–Crippen MR) is 100 cm³/mol. The molecule has 3 aromatic rings. The summed E-state index contributed by atoms with van der Waals surface area (Å²) in [6.45, 7) is 4.75. The number of benzene rings is 2. The van der Waals surface area contributed by atoms with Crippen LogP contribution in [0.5, 0.6) is 0 Å². The van der Waals surface area contributed by atoms with Crippen LogP contribution in [-0.4, -0.2) is 45.4 Å². The van der Waals surface area contributed by atoms with Crippen LogP contribution in [0.1, 0.15) is 25.5 Å². The number of halogens is 3. The molecule has 4 rings (SSSR count). The number of alkyl halides is 3. The van der Waals surface area contributed by atoms with E-state index in [9.17, 15) is 23.4 Å². The zero-order valence-electron chi connectivity index (χ0n) is 15.8. The number of fused-ring (bicyclic) bond motifs is 1. The molecule has 0 bridgehead atoms. The summed E-state index contributed by atoms with van der Waals surface area (Å²) in [6.07, 6.45) is -7.30. The lowest BCUT2D eigenvalue weighted by molar-refractivity contribution is -0.206. The summed E-state index contributed by atoms with van der Waals surface area (Å²) in [7, 11) is 0. The molecule has 1 aliphatic rings. The fourth-order valence-electron chi connectivity index (χ4n) is 3.48. The van der Waals surface area contributed by atoms with Gasteiger partial charge in [-0.3, -0.25) is 0 Å². The van der Waals surface area contributed by atoms with E-state index in [4.69, 9.17) is 4.63 Å². The van der Waals surface area contributed by atoms with Crippen LogP contribution in [0, 0.1) is 5.92 Å². The summed E-state index contributed by atoms with van der Waals surface area (Å²) in [5.74, 6) is 0.0892. The van der Waals surface area contributed by atoms with Gasteiger partial charge in [0.25, 0.3) is 0 Å². The molecule has 0 saturated carbocycles. The van der Waals surface area contributed by atoms with E-state index >= 15 is 0 Å². The van der Waals surface area contributed by atoms with E-state index in [-0.39, 0.29) is 11.5 Å². The molecular weight excluding hydrogens is 387 g/mol. The highest BCUT2D eigenvalue weighted by molar-refractivity contribution is 5.93. The van der Waals surface area contributed by atoms with Crippen molar-refractivity contribution in [2.24, 2.45) is 5.92 Å². The summed E-state index contributed by atoms with van der Waals surface area (Å²) in [5, 5.41) is 27.6. The number of hydrogen-bond acceptors (Lipinski definition) is 6. The van der Waals surface area contributed by atoms with Crippen LogP contribution in [0.15, 0.2) is 41.0 Å². The summed E-state index contributed by atoms with van der Waals surface area (Å²) in [5.41, 5.74) is 1.86. The van der Waals surface area contributed by atoms with Gasteiger partial charge < -0.3 is 15.1 Å². The third-order valence-corrected chi connectivity index (χ3v) is 5.41. The first-order valence-electron chi connectivity index (χ1n) is 9.13. The van der Waals surface area contributed by atoms with E-state index < -0.39 is 17.9 Å². The Kier molecular flexibility index (Phi) is 4.54. The Morgan fingerprint density at radius 3 is 2.48 bits per heavy atom. The minimum atomic E-state index is -4.74. The number of aliphatic hydroxyl groups is 2. The monoisotopic (exact) mass is 407 g/mol. The standard InChI is InChI=1S/C20H20F3N3O3/c1-19(2,28)14-9-26(10-14)16-8-13(7-15-17(16)25-29-24-15)11-4-3-5-12(6-11)18(27)20(21,22)23/h3-8,14,18,27-28H,9-10H2,1-2H3. The summed E-state index contributed by atoms with van der Waals surface area (Å²) in [4.78, 5) is 2.02. The second kappa shape index (κ2) is 6.70. The minimum Gasteiger partial charge on any atom is -0.390 e. The smallest absolute Gasteiger partial charge is 0.390 e. The largest absolute Gasteiger partial charge is 0.418 e. The summed E-state index contributed by atoms with van der Waals surface area (Å²) >= 11 is 0. The Balaban J connectivity index is 1.71. The van der Waals surface area contributed by atoms with Crippen LogP contribution >= 0.6 is 0 Å². The van der Waals surface area contributed by atoms with E-state index in [2.05, 4.69) is 10.3 Å². The maximum atomic E-state index is 12.9. The van der Waals surface area contributed by atoms with Gasteiger partial charge in [-0.25, -0.2) is 4.63 Å². The van der Waals surface area contributed by atoms with Crippen LogP contribution in [0.4, 0.5) is 18.9 Å². The Hall–Kier alpha value is -2.65. The van der Waals surface area contributed by atoms with E-state index in [1.165, 1.54) is 18.2 Å². The number of nitrogens with zero attached hydrogens (tertiary/aromatic N) is 3. The molecule has 154 valence electrons. The van der Waals surface area contributed by atoms with Gasteiger partial charge in [-0.15, -0.1) is 0 Å². The summed E-state index contributed by atoms with van der Waals surface area (Å²) < 4.78 is 43.5. The zero-order chi connectivity index (χ0) is 21.0. The molecule has 1 saturated heterocycles. The lowest BCUT2D eigenvalue weighted by Gasteiger charge is -2.46. The Morgan fingerprint density at radius 2 is 1.83 bits per heavy atom. The van der Waals surface area contributed by atoms with Gasteiger partial charge >= 0.3 is 6.18 Å². The molecule has 9 heteroatoms. The van der Waals surface area contributed by atoms with Gasteiger partial charge in [0.05, 0.1) is 11.3 Å². The van der Waals surface area contributed by atoms with Crippen molar-refractivity contribution in [2.45, 2.75) is 31.7 Å². The molecular formula is C20H20F3N3O3. The van der Waals surface area contributed by atoms with Crippen molar-refractivity contribution in [3.05, 3.63) is 42.0 Å². The molecule has 1 unspecified atom stereocenters. The van der Waals surface area contributed by atoms with Gasteiger partial charge in [0.1, 0.15) is 5.52 Å². The highest BCUT2D eigenvalue weighted by Gasteiger charge is 2.40. The fraction of sp³-hybridized carbons (Fsp3) is 0.400. The number of hydrogen-bond donors (Lipinski definition) is 2. The number of anilines is 1.